The molecule has 0 saturated heterocycles. The predicted molar refractivity (Wildman–Crippen MR) is 118 cm³/mol. The highest BCUT2D eigenvalue weighted by Crippen LogP contribution is 2.34. The van der Waals surface area contributed by atoms with Gasteiger partial charge >= 0.3 is 5.97 Å². The van der Waals surface area contributed by atoms with Crippen molar-refractivity contribution < 1.29 is 24.2 Å². The molecule has 2 aromatic rings. The number of ether oxygens (including phenoxy) is 2. The maximum absolute atomic E-state index is 12.7. The first kappa shape index (κ1) is 23.2. The quantitative estimate of drug-likeness (QED) is 0.360. The van der Waals surface area contributed by atoms with Crippen molar-refractivity contribution in [1.82, 2.24) is 0 Å². The molecule has 0 heterocycles. The summed E-state index contributed by atoms with van der Waals surface area (Å²) in [4.78, 5) is 23.6. The number of amides is 1. The SMILES string of the molecule is C=CCc1cc(/C=C(/C#N)C(=O)Nc2cccc(C)c2C)cc(OC)c1OCC(=O)O. The van der Waals surface area contributed by atoms with Crippen LogP contribution in [0.5, 0.6) is 11.5 Å². The van der Waals surface area contributed by atoms with Crippen molar-refractivity contribution in [2.45, 2.75) is 20.3 Å². The Morgan fingerprint density at radius 2 is 2.03 bits per heavy atom. The molecule has 0 saturated carbocycles. The zero-order chi connectivity index (χ0) is 23.0. The molecule has 7 nitrogen and oxygen atoms in total. The van der Waals surface area contributed by atoms with Gasteiger partial charge in [0.05, 0.1) is 7.11 Å². The molecule has 31 heavy (non-hydrogen) atoms. The summed E-state index contributed by atoms with van der Waals surface area (Å²) >= 11 is 0. The Kier molecular flexibility index (Phi) is 7.98. The Labute approximate surface area is 181 Å². The first-order chi connectivity index (χ1) is 14.8. The number of aryl methyl sites for hydroxylation is 1. The van der Waals surface area contributed by atoms with Crippen LogP contribution >= 0.6 is 0 Å². The minimum atomic E-state index is -1.12. The number of carbonyl (C=O) groups excluding carboxylic acids is 1. The summed E-state index contributed by atoms with van der Waals surface area (Å²) in [6.07, 6.45) is 3.45. The first-order valence-electron chi connectivity index (χ1n) is 9.46. The van der Waals surface area contributed by atoms with E-state index in [2.05, 4.69) is 11.9 Å². The summed E-state index contributed by atoms with van der Waals surface area (Å²) in [5.74, 6) is -1.09. The molecule has 7 heteroatoms. The number of anilines is 1. The van der Waals surface area contributed by atoms with Gasteiger partial charge in [0.1, 0.15) is 11.6 Å². The van der Waals surface area contributed by atoms with E-state index in [4.69, 9.17) is 14.6 Å². The lowest BCUT2D eigenvalue weighted by Crippen LogP contribution is -2.14. The summed E-state index contributed by atoms with van der Waals surface area (Å²) < 4.78 is 10.7. The molecule has 2 aromatic carbocycles. The van der Waals surface area contributed by atoms with Crippen LogP contribution < -0.4 is 14.8 Å². The molecule has 0 aliphatic rings. The van der Waals surface area contributed by atoms with Gasteiger partial charge in [-0.2, -0.15) is 5.26 Å². The molecule has 0 aromatic heterocycles. The van der Waals surface area contributed by atoms with Gasteiger partial charge < -0.3 is 19.9 Å². The van der Waals surface area contributed by atoms with Gasteiger partial charge in [0.25, 0.3) is 5.91 Å². The van der Waals surface area contributed by atoms with Gasteiger partial charge in [-0.05, 0) is 61.2 Å². The molecule has 0 aliphatic heterocycles. The van der Waals surface area contributed by atoms with Crippen molar-refractivity contribution in [3.63, 3.8) is 0 Å². The highest BCUT2D eigenvalue weighted by atomic mass is 16.5. The van der Waals surface area contributed by atoms with Crippen LogP contribution in [0.4, 0.5) is 5.69 Å². The smallest absolute Gasteiger partial charge is 0.341 e. The van der Waals surface area contributed by atoms with Gasteiger partial charge in [-0.25, -0.2) is 4.79 Å². The summed E-state index contributed by atoms with van der Waals surface area (Å²) in [5, 5.41) is 21.2. The van der Waals surface area contributed by atoms with Crippen LogP contribution in [0.3, 0.4) is 0 Å². The molecule has 160 valence electrons. The maximum atomic E-state index is 12.7. The fraction of sp³-hybridized carbons (Fsp3) is 0.208. The molecular weight excluding hydrogens is 396 g/mol. The van der Waals surface area contributed by atoms with Crippen LogP contribution in [0, 0.1) is 25.2 Å². The number of nitriles is 1. The lowest BCUT2D eigenvalue weighted by atomic mass is 10.0. The van der Waals surface area contributed by atoms with E-state index in [1.807, 2.05) is 32.0 Å². The van der Waals surface area contributed by atoms with Crippen LogP contribution in [0.15, 0.2) is 48.6 Å². The van der Waals surface area contributed by atoms with Crippen molar-refractivity contribution in [3.05, 3.63) is 70.8 Å². The second kappa shape index (κ2) is 10.6. The minimum absolute atomic E-state index is 0.0910. The maximum Gasteiger partial charge on any atom is 0.341 e. The number of carbonyl (C=O) groups is 2. The number of hydrogen-bond acceptors (Lipinski definition) is 5. The minimum Gasteiger partial charge on any atom is -0.493 e. The Morgan fingerprint density at radius 1 is 1.29 bits per heavy atom. The van der Waals surface area contributed by atoms with Crippen molar-refractivity contribution in [2.75, 3.05) is 19.0 Å². The Morgan fingerprint density at radius 3 is 2.65 bits per heavy atom. The van der Waals surface area contributed by atoms with Crippen LogP contribution in [0.1, 0.15) is 22.3 Å². The lowest BCUT2D eigenvalue weighted by molar-refractivity contribution is -0.139. The number of benzene rings is 2. The molecular formula is C24H24N2O5. The average Bonchev–Trinajstić information content (AvgIpc) is 2.74. The summed E-state index contributed by atoms with van der Waals surface area (Å²) in [5.41, 5.74) is 3.64. The standard InChI is InChI=1S/C24H24N2O5/c1-5-7-18-10-17(12-21(30-4)23(18)31-14-22(27)28)11-19(13-25)24(29)26-20-9-6-8-15(2)16(20)3/h5-6,8-12H,1,7,14H2,2-4H3,(H,26,29)(H,27,28)/b19-11-. The molecule has 1 amide bonds. The second-order valence-electron chi connectivity index (χ2n) is 6.76. The summed E-state index contributed by atoms with van der Waals surface area (Å²) in [6, 6.07) is 10.7. The normalized spacial score (nSPS) is 10.7. The Hall–Kier alpha value is -4.05. The van der Waals surface area contributed by atoms with E-state index < -0.39 is 18.5 Å². The molecule has 0 unspecified atom stereocenters. The van der Waals surface area contributed by atoms with E-state index in [9.17, 15) is 14.9 Å². The number of carboxylic acids is 1. The number of allylic oxidation sites excluding steroid dienone is 1. The fourth-order valence-corrected chi connectivity index (χ4v) is 2.91. The highest BCUT2D eigenvalue weighted by Gasteiger charge is 2.16. The van der Waals surface area contributed by atoms with Gasteiger partial charge in [0.2, 0.25) is 0 Å². The number of aliphatic carboxylic acids is 1. The van der Waals surface area contributed by atoms with Gasteiger partial charge in [-0.3, -0.25) is 4.79 Å². The average molecular weight is 420 g/mol. The molecule has 2 N–H and O–H groups in total. The van der Waals surface area contributed by atoms with Gasteiger partial charge in [0, 0.05) is 11.3 Å². The molecule has 0 spiro atoms. The Balaban J connectivity index is 2.42. The van der Waals surface area contributed by atoms with E-state index in [0.717, 1.165) is 11.1 Å². The third-order valence-electron chi connectivity index (χ3n) is 4.61. The van der Waals surface area contributed by atoms with E-state index in [0.29, 0.717) is 29.0 Å². The van der Waals surface area contributed by atoms with Crippen molar-refractivity contribution in [2.24, 2.45) is 0 Å². The van der Waals surface area contributed by atoms with Gasteiger partial charge in [-0.1, -0.05) is 18.2 Å². The van der Waals surface area contributed by atoms with E-state index in [1.54, 1.807) is 24.3 Å². The second-order valence-corrected chi connectivity index (χ2v) is 6.76. The first-order valence-corrected chi connectivity index (χ1v) is 9.46. The van der Waals surface area contributed by atoms with Gasteiger partial charge in [-0.15, -0.1) is 6.58 Å². The van der Waals surface area contributed by atoms with Crippen LogP contribution in [0.25, 0.3) is 6.08 Å². The predicted octanol–water partition coefficient (Wildman–Crippen LogP) is 4.05. The number of hydrogen-bond donors (Lipinski definition) is 2. The van der Waals surface area contributed by atoms with Crippen LogP contribution in [-0.2, 0) is 16.0 Å². The molecule has 0 atom stereocenters. The number of rotatable bonds is 9. The summed E-state index contributed by atoms with van der Waals surface area (Å²) in [6.45, 7) is 7.00. The van der Waals surface area contributed by atoms with E-state index in [1.165, 1.54) is 13.2 Å². The van der Waals surface area contributed by atoms with Gasteiger partial charge in [0.15, 0.2) is 18.1 Å². The third kappa shape index (κ3) is 5.97. The monoisotopic (exact) mass is 420 g/mol. The Bertz CT molecular complexity index is 1080. The molecule has 0 aliphatic carbocycles. The molecule has 2 rings (SSSR count). The zero-order valence-electron chi connectivity index (χ0n) is 17.7. The van der Waals surface area contributed by atoms with Crippen molar-refractivity contribution >= 4 is 23.6 Å². The van der Waals surface area contributed by atoms with Crippen molar-refractivity contribution in [3.8, 4) is 17.6 Å². The largest absolute Gasteiger partial charge is 0.493 e. The molecule has 0 bridgehead atoms. The third-order valence-corrected chi connectivity index (χ3v) is 4.61. The summed E-state index contributed by atoms with van der Waals surface area (Å²) in [7, 11) is 1.42. The number of carboxylic acid groups (broad SMARTS) is 1. The lowest BCUT2D eigenvalue weighted by Gasteiger charge is -2.15. The molecule has 0 radical (unpaired) electrons. The van der Waals surface area contributed by atoms with Crippen LogP contribution in [-0.4, -0.2) is 30.7 Å². The fourth-order valence-electron chi connectivity index (χ4n) is 2.91. The number of nitrogens with zero attached hydrogens (tertiary/aromatic N) is 1. The van der Waals surface area contributed by atoms with E-state index in [-0.39, 0.29) is 11.3 Å². The topological polar surface area (TPSA) is 109 Å². The molecule has 0 fully saturated rings. The number of nitrogens with one attached hydrogen (secondary N) is 1. The van der Waals surface area contributed by atoms with E-state index >= 15 is 0 Å². The zero-order valence-corrected chi connectivity index (χ0v) is 17.7. The number of methoxy groups -OCH3 is 1. The van der Waals surface area contributed by atoms with Crippen molar-refractivity contribution in [1.29, 1.82) is 5.26 Å². The van der Waals surface area contributed by atoms with Crippen LogP contribution in [0.2, 0.25) is 0 Å². The highest BCUT2D eigenvalue weighted by molar-refractivity contribution is 6.10.